The van der Waals surface area contributed by atoms with Crippen molar-refractivity contribution in [2.45, 2.75) is 13.0 Å². The first kappa shape index (κ1) is 18.6. The topological polar surface area (TPSA) is 57.7 Å². The van der Waals surface area contributed by atoms with Gasteiger partial charge in [0.1, 0.15) is 0 Å². The molecule has 5 nitrogen and oxygen atoms in total. The summed E-state index contributed by atoms with van der Waals surface area (Å²) in [5, 5.41) is 0. The van der Waals surface area contributed by atoms with Crippen molar-refractivity contribution in [1.29, 1.82) is 0 Å². The number of hydrogen-bond acceptors (Lipinski definition) is 3. The molecule has 1 aliphatic heterocycles. The summed E-state index contributed by atoms with van der Waals surface area (Å²) < 4.78 is 1.01. The van der Waals surface area contributed by atoms with E-state index in [0.29, 0.717) is 30.8 Å². The molecule has 0 bridgehead atoms. The zero-order valence-corrected chi connectivity index (χ0v) is 16.5. The summed E-state index contributed by atoms with van der Waals surface area (Å²) >= 11 is 2.15. The maximum Gasteiger partial charge on any atom is 0.295 e. The van der Waals surface area contributed by atoms with Crippen LogP contribution in [0.3, 0.4) is 0 Å². The maximum atomic E-state index is 12.6. The first-order valence-electron chi connectivity index (χ1n) is 8.42. The number of Topliss-reactive ketones (excluding diaryl/α,β-unsaturated/α-hetero) is 1. The summed E-state index contributed by atoms with van der Waals surface area (Å²) in [6.45, 7) is 3.06. The van der Waals surface area contributed by atoms with Crippen molar-refractivity contribution in [3.8, 4) is 0 Å². The van der Waals surface area contributed by atoms with Crippen molar-refractivity contribution in [2.24, 2.45) is 0 Å². The van der Waals surface area contributed by atoms with Gasteiger partial charge in [-0.25, -0.2) is 0 Å². The lowest BCUT2D eigenvalue weighted by Gasteiger charge is -2.39. The lowest BCUT2D eigenvalue weighted by atomic mass is 10.1. The lowest BCUT2D eigenvalue weighted by molar-refractivity contribution is -0.130. The van der Waals surface area contributed by atoms with E-state index in [0.717, 1.165) is 3.57 Å². The average Bonchev–Trinajstić information content (AvgIpc) is 2.67. The molecule has 0 radical (unpaired) electrons. The van der Waals surface area contributed by atoms with Gasteiger partial charge in [0.2, 0.25) is 5.78 Å². The molecule has 2 amide bonds. The fourth-order valence-electron chi connectivity index (χ4n) is 3.06. The van der Waals surface area contributed by atoms with Crippen LogP contribution >= 0.6 is 22.6 Å². The van der Waals surface area contributed by atoms with E-state index in [-0.39, 0.29) is 11.9 Å². The van der Waals surface area contributed by atoms with Crippen LogP contribution < -0.4 is 0 Å². The first-order valence-corrected chi connectivity index (χ1v) is 9.50. The number of benzene rings is 2. The summed E-state index contributed by atoms with van der Waals surface area (Å²) in [7, 11) is 0. The largest absolute Gasteiger partial charge is 0.335 e. The molecule has 2 aromatic carbocycles. The summed E-state index contributed by atoms with van der Waals surface area (Å²) in [4.78, 5) is 40.9. The minimum Gasteiger partial charge on any atom is -0.335 e. The van der Waals surface area contributed by atoms with Crippen LogP contribution in [-0.2, 0) is 4.79 Å². The van der Waals surface area contributed by atoms with Gasteiger partial charge in [0.05, 0.1) is 0 Å². The minimum atomic E-state index is -0.509. The van der Waals surface area contributed by atoms with Gasteiger partial charge in [-0.1, -0.05) is 18.2 Å². The van der Waals surface area contributed by atoms with Gasteiger partial charge in [-0.2, -0.15) is 0 Å². The maximum absolute atomic E-state index is 12.6. The number of piperazine rings is 1. The molecule has 1 heterocycles. The van der Waals surface area contributed by atoms with Crippen LogP contribution in [0.4, 0.5) is 0 Å². The predicted molar refractivity (Wildman–Crippen MR) is 107 cm³/mol. The molecule has 0 N–H and O–H groups in total. The highest BCUT2D eigenvalue weighted by Crippen LogP contribution is 2.16. The minimum absolute atomic E-state index is 0.0477. The molecule has 1 aliphatic rings. The van der Waals surface area contributed by atoms with Gasteiger partial charge in [-0.3, -0.25) is 14.4 Å². The summed E-state index contributed by atoms with van der Waals surface area (Å²) in [5.41, 5.74) is 1.03. The fraction of sp³-hybridized carbons (Fsp3) is 0.250. The summed E-state index contributed by atoms with van der Waals surface area (Å²) in [6, 6.07) is 15.8. The Hall–Kier alpha value is -2.22. The van der Waals surface area contributed by atoms with E-state index in [1.807, 2.05) is 25.1 Å². The zero-order chi connectivity index (χ0) is 18.7. The van der Waals surface area contributed by atoms with Crippen LogP contribution in [0.5, 0.6) is 0 Å². The molecule has 0 spiro atoms. The third-order valence-corrected chi connectivity index (χ3v) is 5.22. The van der Waals surface area contributed by atoms with Crippen molar-refractivity contribution < 1.29 is 14.4 Å². The second kappa shape index (κ2) is 7.99. The molecule has 1 fully saturated rings. The van der Waals surface area contributed by atoms with Gasteiger partial charge >= 0.3 is 0 Å². The Balaban J connectivity index is 1.67. The number of nitrogens with zero attached hydrogens (tertiary/aromatic N) is 2. The number of ketones is 1. The van der Waals surface area contributed by atoms with Gasteiger partial charge in [0.25, 0.3) is 11.8 Å². The van der Waals surface area contributed by atoms with Crippen LogP contribution in [0.1, 0.15) is 27.6 Å². The number of hydrogen-bond donors (Lipinski definition) is 0. The van der Waals surface area contributed by atoms with Crippen LogP contribution in [0, 0.1) is 3.57 Å². The molecule has 0 saturated carbocycles. The van der Waals surface area contributed by atoms with Gasteiger partial charge < -0.3 is 9.80 Å². The second-order valence-electron chi connectivity index (χ2n) is 6.30. The van der Waals surface area contributed by atoms with Gasteiger partial charge in [-0.15, -0.1) is 0 Å². The van der Waals surface area contributed by atoms with Crippen molar-refractivity contribution >= 4 is 40.2 Å². The molecule has 2 aromatic rings. The van der Waals surface area contributed by atoms with Crippen molar-refractivity contribution in [1.82, 2.24) is 9.80 Å². The Kier molecular flexibility index (Phi) is 5.70. The molecule has 1 saturated heterocycles. The number of rotatable bonds is 3. The molecular weight excluding hydrogens is 443 g/mol. The normalized spacial score (nSPS) is 17.1. The number of carbonyl (C=O) groups is 3. The predicted octanol–water partition coefficient (Wildman–Crippen LogP) is 2.85. The highest BCUT2D eigenvalue weighted by Gasteiger charge is 2.33. The average molecular weight is 462 g/mol. The van der Waals surface area contributed by atoms with Crippen LogP contribution in [0.2, 0.25) is 0 Å². The number of carbonyl (C=O) groups excluding carboxylic acids is 3. The Morgan fingerprint density at radius 3 is 2.19 bits per heavy atom. The SMILES string of the molecule is C[C@@H]1CN(C(=O)c2ccccc2)CCN1C(=O)C(=O)c1ccc(I)cc1. The van der Waals surface area contributed by atoms with Crippen molar-refractivity contribution in [2.75, 3.05) is 19.6 Å². The zero-order valence-electron chi connectivity index (χ0n) is 14.4. The molecule has 0 unspecified atom stereocenters. The number of halogens is 1. The fourth-order valence-corrected chi connectivity index (χ4v) is 3.42. The Morgan fingerprint density at radius 2 is 1.58 bits per heavy atom. The Morgan fingerprint density at radius 1 is 0.923 bits per heavy atom. The molecular formula is C20H19IN2O3. The van der Waals surface area contributed by atoms with E-state index in [2.05, 4.69) is 22.6 Å². The van der Waals surface area contributed by atoms with Crippen molar-refractivity contribution in [3.05, 3.63) is 69.3 Å². The third kappa shape index (κ3) is 3.95. The van der Waals surface area contributed by atoms with Gasteiger partial charge in [0, 0.05) is 40.4 Å². The summed E-state index contributed by atoms with van der Waals surface area (Å²) in [6.07, 6.45) is 0. The lowest BCUT2D eigenvalue weighted by Crippen LogP contribution is -2.56. The molecule has 26 heavy (non-hydrogen) atoms. The smallest absolute Gasteiger partial charge is 0.295 e. The number of amides is 2. The van der Waals surface area contributed by atoms with Crippen LogP contribution in [0.25, 0.3) is 0 Å². The van der Waals surface area contributed by atoms with E-state index in [4.69, 9.17) is 0 Å². The quantitative estimate of drug-likeness (QED) is 0.401. The van der Waals surface area contributed by atoms with E-state index < -0.39 is 11.7 Å². The third-order valence-electron chi connectivity index (χ3n) is 4.50. The molecule has 1 atom stereocenters. The van der Waals surface area contributed by atoms with E-state index in [1.54, 1.807) is 46.2 Å². The molecule has 6 heteroatoms. The van der Waals surface area contributed by atoms with Gasteiger partial charge in [0.15, 0.2) is 0 Å². The Bertz CT molecular complexity index is 821. The van der Waals surface area contributed by atoms with E-state index in [1.165, 1.54) is 0 Å². The first-order chi connectivity index (χ1) is 12.5. The highest BCUT2D eigenvalue weighted by atomic mass is 127. The molecule has 134 valence electrons. The molecule has 0 aromatic heterocycles. The standard InChI is InChI=1S/C20H19IN2O3/c1-14-13-22(19(25)16-5-3-2-4-6-16)11-12-23(14)20(26)18(24)15-7-9-17(21)10-8-15/h2-10,14H,11-13H2,1H3/t14-/m1/s1. The van der Waals surface area contributed by atoms with Gasteiger partial charge in [-0.05, 0) is 65.9 Å². The highest BCUT2D eigenvalue weighted by molar-refractivity contribution is 14.1. The summed E-state index contributed by atoms with van der Waals surface area (Å²) in [5.74, 6) is -1.06. The molecule has 0 aliphatic carbocycles. The van der Waals surface area contributed by atoms with Crippen molar-refractivity contribution in [3.63, 3.8) is 0 Å². The Labute approximate surface area is 166 Å². The van der Waals surface area contributed by atoms with Crippen LogP contribution in [0.15, 0.2) is 54.6 Å². The van der Waals surface area contributed by atoms with Crippen LogP contribution in [-0.4, -0.2) is 53.1 Å². The monoisotopic (exact) mass is 462 g/mol. The molecule has 3 rings (SSSR count). The van der Waals surface area contributed by atoms with E-state index in [9.17, 15) is 14.4 Å². The second-order valence-corrected chi connectivity index (χ2v) is 7.55. The van der Waals surface area contributed by atoms with E-state index >= 15 is 0 Å².